The van der Waals surface area contributed by atoms with E-state index in [0.29, 0.717) is 28.3 Å². The lowest BCUT2D eigenvalue weighted by Gasteiger charge is -2.37. The lowest BCUT2D eigenvalue weighted by Crippen LogP contribution is -2.38. The number of fused-ring (bicyclic) bond motifs is 2. The van der Waals surface area contributed by atoms with Crippen LogP contribution >= 0.6 is 7.92 Å². The summed E-state index contributed by atoms with van der Waals surface area (Å²) in [4.78, 5) is 27.0. The van der Waals surface area contributed by atoms with Crippen LogP contribution in [0.15, 0.2) is 33.9 Å². The van der Waals surface area contributed by atoms with Crippen LogP contribution in [0.4, 0.5) is 0 Å². The predicted molar refractivity (Wildman–Crippen MR) is 114 cm³/mol. The van der Waals surface area contributed by atoms with E-state index in [0.717, 1.165) is 0 Å². The van der Waals surface area contributed by atoms with Crippen molar-refractivity contribution in [2.45, 2.75) is 77.0 Å². The number of rotatable bonds is 3. The lowest BCUT2D eigenvalue weighted by atomic mass is 10.0. The quantitative estimate of drug-likeness (QED) is 0.672. The number of hydrogen-bond acceptors (Lipinski definition) is 2. The normalized spacial score (nSPS) is 24.2. The molecule has 0 spiro atoms. The minimum Gasteiger partial charge on any atom is -0.267 e. The molecule has 2 heterocycles. The molecule has 0 saturated heterocycles. The van der Waals surface area contributed by atoms with Crippen molar-refractivity contribution in [3.05, 3.63) is 45.0 Å². The molecule has 2 aliphatic rings. The molecule has 4 nitrogen and oxygen atoms in total. The third-order valence-corrected chi connectivity index (χ3v) is 10.5. The van der Waals surface area contributed by atoms with Crippen molar-refractivity contribution in [1.82, 2.24) is 9.36 Å². The average Bonchev–Trinajstić information content (AvgIpc) is 3.04. The van der Waals surface area contributed by atoms with E-state index in [-0.39, 0.29) is 22.7 Å². The molecule has 146 valence electrons. The van der Waals surface area contributed by atoms with Crippen molar-refractivity contribution < 1.29 is 0 Å². The average molecular weight is 386 g/mol. The molecule has 1 aromatic heterocycles. The van der Waals surface area contributed by atoms with E-state index in [2.05, 4.69) is 27.7 Å². The molecule has 1 aromatic carbocycles. The van der Waals surface area contributed by atoms with Gasteiger partial charge in [0, 0.05) is 0 Å². The summed E-state index contributed by atoms with van der Waals surface area (Å²) in [6.07, 6.45) is 6.43. The highest BCUT2D eigenvalue weighted by molar-refractivity contribution is 7.58. The molecule has 0 bridgehead atoms. The Bertz CT molecular complexity index is 884. The Morgan fingerprint density at radius 2 is 1.26 bits per heavy atom. The Balaban J connectivity index is 2.02. The second-order valence-corrected chi connectivity index (χ2v) is 11.6. The molecule has 4 rings (SSSR count). The first-order valence-corrected chi connectivity index (χ1v) is 12.0. The monoisotopic (exact) mass is 386 g/mol. The summed E-state index contributed by atoms with van der Waals surface area (Å²) in [6, 6.07) is 7.36. The van der Waals surface area contributed by atoms with Gasteiger partial charge in [-0.05, 0) is 42.5 Å². The van der Waals surface area contributed by atoms with Crippen molar-refractivity contribution in [1.29, 1.82) is 0 Å². The Morgan fingerprint density at radius 3 is 1.67 bits per heavy atom. The molecule has 0 unspecified atom stereocenters. The van der Waals surface area contributed by atoms with Crippen molar-refractivity contribution in [3.63, 3.8) is 0 Å². The SMILES string of the molecule is CC(C)[C@H]1n2c(=O)c3ccccc3c(=O)n2[C@H](C(C)C)P1C1CCCCC1. The van der Waals surface area contributed by atoms with Gasteiger partial charge in [-0.2, -0.15) is 0 Å². The summed E-state index contributed by atoms with van der Waals surface area (Å²) in [7, 11) is -0.465. The molecule has 27 heavy (non-hydrogen) atoms. The Hall–Kier alpha value is -1.41. The van der Waals surface area contributed by atoms with Crippen LogP contribution in [0, 0.1) is 11.8 Å². The lowest BCUT2D eigenvalue weighted by molar-refractivity contribution is 0.361. The van der Waals surface area contributed by atoms with E-state index in [1.807, 2.05) is 33.6 Å². The van der Waals surface area contributed by atoms with E-state index < -0.39 is 7.92 Å². The minimum atomic E-state index is -0.465. The van der Waals surface area contributed by atoms with Gasteiger partial charge in [-0.3, -0.25) is 9.59 Å². The molecular formula is C22H31N2O2P. The maximum absolute atomic E-state index is 13.5. The van der Waals surface area contributed by atoms with Crippen LogP contribution in [-0.2, 0) is 0 Å². The van der Waals surface area contributed by atoms with Crippen LogP contribution in [0.2, 0.25) is 0 Å². The molecule has 5 heteroatoms. The van der Waals surface area contributed by atoms with Gasteiger partial charge < -0.3 is 0 Å². The van der Waals surface area contributed by atoms with Crippen LogP contribution < -0.4 is 11.1 Å². The van der Waals surface area contributed by atoms with Gasteiger partial charge >= 0.3 is 0 Å². The molecule has 1 aliphatic carbocycles. The second kappa shape index (κ2) is 7.20. The number of benzene rings is 1. The first-order valence-electron chi connectivity index (χ1n) is 10.5. The third-order valence-electron chi connectivity index (χ3n) is 6.34. The van der Waals surface area contributed by atoms with E-state index in [1.165, 1.54) is 32.1 Å². The predicted octanol–water partition coefficient (Wildman–Crippen LogP) is 5.30. The van der Waals surface area contributed by atoms with Gasteiger partial charge in [0.15, 0.2) is 0 Å². The molecule has 1 aliphatic heterocycles. The summed E-state index contributed by atoms with van der Waals surface area (Å²) < 4.78 is 3.78. The smallest absolute Gasteiger partial charge is 0.267 e. The van der Waals surface area contributed by atoms with Crippen molar-refractivity contribution in [3.8, 4) is 0 Å². The molecule has 1 saturated carbocycles. The second-order valence-electron chi connectivity index (χ2n) is 8.90. The van der Waals surface area contributed by atoms with Crippen LogP contribution in [0.25, 0.3) is 10.8 Å². The standard InChI is InChI=1S/C22H31N2O2P/c1-14(2)21-23-19(25)17-12-8-9-13-18(17)20(26)24(23)22(15(3)4)27(21)16-10-6-5-7-11-16/h8-9,12-16,21-22H,5-7,10-11H2,1-4H3/t21-,22-/m0/s1. The first-order chi connectivity index (χ1) is 12.9. The van der Waals surface area contributed by atoms with Crippen LogP contribution in [-0.4, -0.2) is 15.0 Å². The molecule has 2 aromatic rings. The fourth-order valence-electron chi connectivity index (χ4n) is 5.27. The van der Waals surface area contributed by atoms with Crippen molar-refractivity contribution in [2.75, 3.05) is 0 Å². The fourth-order valence-corrected chi connectivity index (χ4v) is 9.72. The Kier molecular flexibility index (Phi) is 5.05. The van der Waals surface area contributed by atoms with E-state index in [9.17, 15) is 9.59 Å². The summed E-state index contributed by atoms with van der Waals surface area (Å²) in [5.41, 5.74) is 0.716. The molecule has 1 fully saturated rings. The molecule has 0 radical (unpaired) electrons. The topological polar surface area (TPSA) is 44.0 Å². The van der Waals surface area contributed by atoms with E-state index in [1.54, 1.807) is 0 Å². The van der Waals surface area contributed by atoms with Gasteiger partial charge in [-0.1, -0.05) is 67.0 Å². The maximum Gasteiger partial charge on any atom is 0.273 e. The molecule has 2 atom stereocenters. The highest BCUT2D eigenvalue weighted by atomic mass is 31.1. The van der Waals surface area contributed by atoms with Crippen molar-refractivity contribution >= 4 is 18.7 Å². The molecule has 0 amide bonds. The van der Waals surface area contributed by atoms with Gasteiger partial charge in [-0.25, -0.2) is 9.36 Å². The number of hydrogen-bond donors (Lipinski definition) is 0. The van der Waals surface area contributed by atoms with Gasteiger partial charge in [0.05, 0.1) is 22.3 Å². The summed E-state index contributed by atoms with van der Waals surface area (Å²) >= 11 is 0. The van der Waals surface area contributed by atoms with E-state index in [4.69, 9.17) is 0 Å². The first kappa shape index (κ1) is 18.9. The third kappa shape index (κ3) is 2.92. The van der Waals surface area contributed by atoms with Gasteiger partial charge in [0.1, 0.15) is 0 Å². The maximum atomic E-state index is 13.5. The van der Waals surface area contributed by atoms with Gasteiger partial charge in [-0.15, -0.1) is 0 Å². The minimum absolute atomic E-state index is 0.0235. The fraction of sp³-hybridized carbons (Fsp3) is 0.636. The summed E-state index contributed by atoms with van der Waals surface area (Å²) in [5, 5.41) is 1.15. The van der Waals surface area contributed by atoms with Crippen LogP contribution in [0.5, 0.6) is 0 Å². The van der Waals surface area contributed by atoms with Crippen LogP contribution in [0.3, 0.4) is 0 Å². The zero-order chi connectivity index (χ0) is 19.3. The number of aromatic nitrogens is 2. The van der Waals surface area contributed by atoms with Gasteiger partial charge in [0.2, 0.25) is 0 Å². The zero-order valence-electron chi connectivity index (χ0n) is 16.9. The van der Waals surface area contributed by atoms with Gasteiger partial charge in [0.25, 0.3) is 11.1 Å². The highest BCUT2D eigenvalue weighted by Gasteiger charge is 2.48. The summed E-state index contributed by atoms with van der Waals surface area (Å²) in [6.45, 7) is 8.90. The number of nitrogens with zero attached hydrogens (tertiary/aromatic N) is 2. The van der Waals surface area contributed by atoms with E-state index >= 15 is 0 Å². The van der Waals surface area contributed by atoms with Crippen molar-refractivity contribution in [2.24, 2.45) is 11.8 Å². The molecule has 0 N–H and O–H groups in total. The Labute approximate surface area is 162 Å². The highest BCUT2D eigenvalue weighted by Crippen LogP contribution is 2.70. The Morgan fingerprint density at radius 1 is 0.815 bits per heavy atom. The molecular weight excluding hydrogens is 355 g/mol. The summed E-state index contributed by atoms with van der Waals surface area (Å²) in [5.74, 6) is 1.04. The van der Waals surface area contributed by atoms with Crippen LogP contribution in [0.1, 0.15) is 71.4 Å². The largest absolute Gasteiger partial charge is 0.273 e. The zero-order valence-corrected chi connectivity index (χ0v) is 17.8.